The number of rotatable bonds is 0. The first-order valence-electron chi connectivity index (χ1n) is 4.00. The highest BCUT2D eigenvalue weighted by Crippen LogP contribution is 2.43. The van der Waals surface area contributed by atoms with E-state index >= 15 is 0 Å². The van der Waals surface area contributed by atoms with E-state index in [1.54, 1.807) is 6.07 Å². The fraction of sp³-hybridized carbons (Fsp3) is 0.444. The van der Waals surface area contributed by atoms with Crippen LogP contribution in [-0.2, 0) is 5.67 Å². The molecule has 0 N–H and O–H groups in total. The summed E-state index contributed by atoms with van der Waals surface area (Å²) in [6.07, 6.45) is 0. The van der Waals surface area contributed by atoms with Crippen LogP contribution < -0.4 is 4.74 Å². The molecule has 0 saturated carbocycles. The average molecular weight is 246 g/mol. The van der Waals surface area contributed by atoms with Crippen molar-refractivity contribution >= 4 is 15.9 Å². The maximum atomic E-state index is 13.8. The summed E-state index contributed by atoms with van der Waals surface area (Å²) in [7, 11) is 0. The van der Waals surface area contributed by atoms with Gasteiger partial charge in [-0.2, -0.15) is 0 Å². The molecule has 1 aromatic rings. The molecule has 0 aliphatic carbocycles. The Bertz CT molecular complexity index is 365. The van der Waals surface area contributed by atoms with Crippen LogP contribution in [0.1, 0.15) is 18.2 Å². The van der Waals surface area contributed by atoms with Gasteiger partial charge in [-0.3, -0.25) is 0 Å². The molecule has 0 fully saturated rings. The third-order valence-electron chi connectivity index (χ3n) is 2.11. The number of aromatic nitrogens is 1. The summed E-state index contributed by atoms with van der Waals surface area (Å²) in [4.78, 5) is 4.14. The van der Waals surface area contributed by atoms with Crippen LogP contribution in [0.2, 0.25) is 0 Å². The third-order valence-corrected chi connectivity index (χ3v) is 2.65. The molecule has 70 valence electrons. The highest BCUT2D eigenvalue weighted by molar-refractivity contribution is 9.10. The molecule has 0 radical (unpaired) electrons. The minimum absolute atomic E-state index is 0.0755. The molecule has 1 aliphatic rings. The number of ether oxygens (including phenoxy) is 1. The lowest BCUT2D eigenvalue weighted by Crippen LogP contribution is -2.16. The number of hydrogen-bond donors (Lipinski definition) is 0. The summed E-state index contributed by atoms with van der Waals surface area (Å²) < 4.78 is 19.6. The van der Waals surface area contributed by atoms with E-state index in [1.165, 1.54) is 6.92 Å². The highest BCUT2D eigenvalue weighted by atomic mass is 79.9. The first-order valence-corrected chi connectivity index (χ1v) is 4.79. The van der Waals surface area contributed by atoms with E-state index in [9.17, 15) is 4.39 Å². The van der Waals surface area contributed by atoms with Gasteiger partial charge in [0.15, 0.2) is 11.4 Å². The number of alkyl halides is 1. The van der Waals surface area contributed by atoms with Crippen LogP contribution in [0.5, 0.6) is 5.75 Å². The quantitative estimate of drug-likeness (QED) is 0.656. The maximum Gasteiger partial charge on any atom is 0.170 e. The summed E-state index contributed by atoms with van der Waals surface area (Å²) in [5.41, 5.74) is -0.00201. The fourth-order valence-electron chi connectivity index (χ4n) is 1.43. The van der Waals surface area contributed by atoms with Crippen LogP contribution in [0.4, 0.5) is 4.39 Å². The molecular weight excluding hydrogens is 237 g/mol. The average Bonchev–Trinajstić information content (AvgIpc) is 2.28. The lowest BCUT2D eigenvalue weighted by molar-refractivity contribution is 0.140. The van der Waals surface area contributed by atoms with Gasteiger partial charge in [0.2, 0.25) is 0 Å². The van der Waals surface area contributed by atoms with Gasteiger partial charge in [-0.25, -0.2) is 9.37 Å². The zero-order chi connectivity index (χ0) is 9.64. The molecular formula is C9H9BrFNO. The van der Waals surface area contributed by atoms with Crippen LogP contribution >= 0.6 is 15.9 Å². The first-order chi connectivity index (χ1) is 6.00. The maximum absolute atomic E-state index is 13.8. The number of nitrogens with zero attached hydrogens (tertiary/aromatic N) is 1. The highest BCUT2D eigenvalue weighted by Gasteiger charge is 2.38. The standard InChI is InChI=1S/C9H9BrFNO/c1-5-3-6-7(8(10)12-5)13-4-9(6,2)11/h3H,4H2,1-2H3. The van der Waals surface area contributed by atoms with Crippen LogP contribution in [-0.4, -0.2) is 11.6 Å². The Labute approximate surface area is 84.3 Å². The Morgan fingerprint density at radius 1 is 1.69 bits per heavy atom. The Morgan fingerprint density at radius 3 is 3.08 bits per heavy atom. The molecule has 1 unspecified atom stereocenters. The van der Waals surface area contributed by atoms with Crippen molar-refractivity contribution < 1.29 is 9.13 Å². The molecule has 0 aromatic carbocycles. The van der Waals surface area contributed by atoms with Crippen molar-refractivity contribution in [3.63, 3.8) is 0 Å². The van der Waals surface area contributed by atoms with Crippen molar-refractivity contribution in [3.8, 4) is 5.75 Å². The van der Waals surface area contributed by atoms with E-state index in [4.69, 9.17) is 4.74 Å². The molecule has 0 saturated heterocycles. The van der Waals surface area contributed by atoms with Gasteiger partial charge in [-0.1, -0.05) is 0 Å². The molecule has 0 spiro atoms. The minimum Gasteiger partial charge on any atom is -0.487 e. The Kier molecular flexibility index (Phi) is 1.84. The SMILES string of the molecule is Cc1cc2c(c(Br)n1)OCC2(C)F. The molecule has 2 rings (SSSR count). The molecule has 2 nitrogen and oxygen atoms in total. The second kappa shape index (κ2) is 2.67. The van der Waals surface area contributed by atoms with Gasteiger partial charge in [0, 0.05) is 11.3 Å². The summed E-state index contributed by atoms with van der Waals surface area (Å²) in [6, 6.07) is 1.73. The Hall–Kier alpha value is -0.640. The van der Waals surface area contributed by atoms with Gasteiger partial charge in [0.05, 0.1) is 0 Å². The molecule has 2 heterocycles. The van der Waals surface area contributed by atoms with E-state index in [1.807, 2.05) is 6.92 Å². The summed E-state index contributed by atoms with van der Waals surface area (Å²) in [6.45, 7) is 3.43. The van der Waals surface area contributed by atoms with Crippen molar-refractivity contribution in [2.24, 2.45) is 0 Å². The molecule has 4 heteroatoms. The molecule has 1 aliphatic heterocycles. The molecule has 1 atom stereocenters. The van der Waals surface area contributed by atoms with Crippen molar-refractivity contribution in [3.05, 3.63) is 21.9 Å². The van der Waals surface area contributed by atoms with Crippen molar-refractivity contribution in [1.82, 2.24) is 4.98 Å². The molecule has 1 aromatic heterocycles. The van der Waals surface area contributed by atoms with Gasteiger partial charge in [-0.15, -0.1) is 0 Å². The van der Waals surface area contributed by atoms with E-state index < -0.39 is 5.67 Å². The second-order valence-corrected chi connectivity index (χ2v) is 4.17. The van der Waals surface area contributed by atoms with Crippen LogP contribution in [0.25, 0.3) is 0 Å². The fourth-order valence-corrected chi connectivity index (χ4v) is 2.04. The van der Waals surface area contributed by atoms with Gasteiger partial charge in [-0.05, 0) is 35.8 Å². The zero-order valence-corrected chi connectivity index (χ0v) is 8.98. The number of aryl methyl sites for hydroxylation is 1. The minimum atomic E-state index is -1.38. The molecule has 0 amide bonds. The van der Waals surface area contributed by atoms with E-state index in [-0.39, 0.29) is 6.61 Å². The number of fused-ring (bicyclic) bond motifs is 1. The number of pyridine rings is 1. The first kappa shape index (κ1) is 8.94. The van der Waals surface area contributed by atoms with E-state index in [0.29, 0.717) is 15.9 Å². The van der Waals surface area contributed by atoms with E-state index in [0.717, 1.165) is 5.69 Å². The van der Waals surface area contributed by atoms with E-state index in [2.05, 4.69) is 20.9 Å². The van der Waals surface area contributed by atoms with Gasteiger partial charge in [0.1, 0.15) is 11.2 Å². The number of hydrogen-bond acceptors (Lipinski definition) is 2. The molecule has 0 bridgehead atoms. The third kappa shape index (κ3) is 1.33. The second-order valence-electron chi connectivity index (χ2n) is 3.42. The summed E-state index contributed by atoms with van der Waals surface area (Å²) in [5, 5.41) is 0. The number of halogens is 2. The summed E-state index contributed by atoms with van der Waals surface area (Å²) >= 11 is 3.25. The lowest BCUT2D eigenvalue weighted by atomic mass is 10.0. The van der Waals surface area contributed by atoms with Crippen molar-refractivity contribution in [1.29, 1.82) is 0 Å². The predicted octanol–water partition coefficient (Wildman–Crippen LogP) is 2.73. The topological polar surface area (TPSA) is 22.1 Å². The van der Waals surface area contributed by atoms with Gasteiger partial charge < -0.3 is 4.74 Å². The van der Waals surface area contributed by atoms with Crippen LogP contribution in [0, 0.1) is 6.92 Å². The van der Waals surface area contributed by atoms with Crippen LogP contribution in [0.3, 0.4) is 0 Å². The summed E-state index contributed by atoms with van der Waals surface area (Å²) in [5.74, 6) is 0.538. The largest absolute Gasteiger partial charge is 0.487 e. The van der Waals surface area contributed by atoms with Crippen molar-refractivity contribution in [2.45, 2.75) is 19.5 Å². The van der Waals surface area contributed by atoms with Gasteiger partial charge >= 0.3 is 0 Å². The van der Waals surface area contributed by atoms with Gasteiger partial charge in [0.25, 0.3) is 0 Å². The van der Waals surface area contributed by atoms with Crippen LogP contribution in [0.15, 0.2) is 10.7 Å². The Morgan fingerprint density at radius 2 is 2.38 bits per heavy atom. The Balaban J connectivity index is 2.65. The monoisotopic (exact) mass is 245 g/mol. The predicted molar refractivity (Wildman–Crippen MR) is 50.6 cm³/mol. The normalized spacial score (nSPS) is 25.5. The molecule has 13 heavy (non-hydrogen) atoms. The zero-order valence-electron chi connectivity index (χ0n) is 7.40. The van der Waals surface area contributed by atoms with Crippen molar-refractivity contribution in [2.75, 3.05) is 6.61 Å². The lowest BCUT2D eigenvalue weighted by Gasteiger charge is -2.10. The smallest absolute Gasteiger partial charge is 0.170 e.